The molecule has 4 heteroatoms. The largest absolute Gasteiger partial charge is 0.497 e. The molecule has 2 rings (SSSR count). The van der Waals surface area contributed by atoms with Crippen molar-refractivity contribution in [1.29, 1.82) is 0 Å². The molecular weight excluding hydrogens is 247 g/mol. The van der Waals surface area contributed by atoms with Crippen LogP contribution in [-0.4, -0.2) is 20.0 Å². The molecule has 2 aromatic carbocycles. The van der Waals surface area contributed by atoms with Gasteiger partial charge in [-0.2, -0.15) is 0 Å². The summed E-state index contributed by atoms with van der Waals surface area (Å²) in [6, 6.07) is 11.1. The van der Waals surface area contributed by atoms with Gasteiger partial charge in [-0.15, -0.1) is 0 Å². The van der Waals surface area contributed by atoms with Gasteiger partial charge in [-0.05, 0) is 24.3 Å². The van der Waals surface area contributed by atoms with Gasteiger partial charge in [-0.25, -0.2) is 4.39 Å². The number of hydrogen-bond donors (Lipinski definition) is 0. The Morgan fingerprint density at radius 2 is 1.79 bits per heavy atom. The summed E-state index contributed by atoms with van der Waals surface area (Å²) < 4.78 is 23.9. The second-order valence-corrected chi connectivity index (χ2v) is 3.88. The van der Waals surface area contributed by atoms with Gasteiger partial charge in [0.2, 0.25) is 0 Å². The average Bonchev–Trinajstić information content (AvgIpc) is 2.47. The van der Waals surface area contributed by atoms with Crippen molar-refractivity contribution in [3.8, 4) is 11.5 Å². The predicted octanol–water partition coefficient (Wildman–Crippen LogP) is 3.07. The van der Waals surface area contributed by atoms with Gasteiger partial charge in [0.05, 0.1) is 19.8 Å². The zero-order chi connectivity index (χ0) is 13.8. The lowest BCUT2D eigenvalue weighted by molar-refractivity contribution is 0.103. The Hall–Kier alpha value is -2.36. The third-order valence-corrected chi connectivity index (χ3v) is 2.76. The number of carbonyl (C=O) groups is 1. The summed E-state index contributed by atoms with van der Waals surface area (Å²) in [5, 5.41) is 0. The minimum absolute atomic E-state index is 0.0207. The van der Waals surface area contributed by atoms with Crippen LogP contribution in [0.2, 0.25) is 0 Å². The van der Waals surface area contributed by atoms with Crippen LogP contribution in [0.15, 0.2) is 42.5 Å². The molecule has 0 bridgehead atoms. The number of benzene rings is 2. The molecule has 2 aromatic rings. The summed E-state index contributed by atoms with van der Waals surface area (Å²) in [5.41, 5.74) is 0.346. The van der Waals surface area contributed by atoms with Crippen LogP contribution < -0.4 is 9.47 Å². The van der Waals surface area contributed by atoms with Crippen molar-refractivity contribution in [3.63, 3.8) is 0 Å². The van der Waals surface area contributed by atoms with Crippen molar-refractivity contribution in [2.75, 3.05) is 14.2 Å². The summed E-state index contributed by atoms with van der Waals surface area (Å²) in [6.07, 6.45) is 0. The first-order valence-electron chi connectivity index (χ1n) is 5.68. The molecule has 0 atom stereocenters. The van der Waals surface area contributed by atoms with Crippen LogP contribution >= 0.6 is 0 Å². The van der Waals surface area contributed by atoms with Crippen LogP contribution in [0.1, 0.15) is 15.9 Å². The quantitative estimate of drug-likeness (QED) is 0.792. The van der Waals surface area contributed by atoms with Crippen LogP contribution in [0.4, 0.5) is 4.39 Å². The van der Waals surface area contributed by atoms with Gasteiger partial charge in [-0.3, -0.25) is 4.79 Å². The van der Waals surface area contributed by atoms with Crippen molar-refractivity contribution in [2.45, 2.75) is 0 Å². The molecule has 0 aromatic heterocycles. The van der Waals surface area contributed by atoms with E-state index in [2.05, 4.69) is 0 Å². The molecule has 0 fully saturated rings. The SMILES string of the molecule is COc1cccc(C(=O)c2cccc(OC)c2F)c1. The average molecular weight is 260 g/mol. The highest BCUT2D eigenvalue weighted by molar-refractivity contribution is 6.09. The smallest absolute Gasteiger partial charge is 0.196 e. The molecule has 0 amide bonds. The highest BCUT2D eigenvalue weighted by Crippen LogP contribution is 2.23. The Labute approximate surface area is 110 Å². The Morgan fingerprint density at radius 1 is 1.05 bits per heavy atom. The van der Waals surface area contributed by atoms with E-state index in [0.29, 0.717) is 11.3 Å². The second kappa shape index (κ2) is 5.52. The van der Waals surface area contributed by atoms with Crippen LogP contribution in [-0.2, 0) is 0 Å². The van der Waals surface area contributed by atoms with E-state index in [1.165, 1.54) is 26.4 Å². The number of ketones is 1. The van der Waals surface area contributed by atoms with Crippen LogP contribution in [0.3, 0.4) is 0 Å². The Kier molecular flexibility index (Phi) is 3.80. The number of hydrogen-bond acceptors (Lipinski definition) is 3. The summed E-state index contributed by atoms with van der Waals surface area (Å²) in [4.78, 5) is 12.3. The normalized spacial score (nSPS) is 10.1. The molecule has 0 aliphatic rings. The van der Waals surface area contributed by atoms with E-state index in [-0.39, 0.29) is 11.3 Å². The van der Waals surface area contributed by atoms with Crippen molar-refractivity contribution in [3.05, 3.63) is 59.4 Å². The van der Waals surface area contributed by atoms with Crippen LogP contribution in [0.5, 0.6) is 11.5 Å². The molecule has 0 saturated carbocycles. The minimum atomic E-state index is -0.655. The summed E-state index contributed by atoms with van der Waals surface area (Å²) in [7, 11) is 2.87. The highest BCUT2D eigenvalue weighted by atomic mass is 19.1. The number of halogens is 1. The lowest BCUT2D eigenvalue weighted by Crippen LogP contribution is -2.05. The second-order valence-electron chi connectivity index (χ2n) is 3.88. The number of ether oxygens (including phenoxy) is 2. The monoisotopic (exact) mass is 260 g/mol. The molecule has 3 nitrogen and oxygen atoms in total. The first-order valence-corrected chi connectivity index (χ1v) is 5.68. The molecule has 0 aliphatic carbocycles. The van der Waals surface area contributed by atoms with Crippen molar-refractivity contribution >= 4 is 5.78 Å². The van der Waals surface area contributed by atoms with Crippen molar-refractivity contribution < 1.29 is 18.7 Å². The maximum absolute atomic E-state index is 14.0. The van der Waals surface area contributed by atoms with Gasteiger partial charge in [0, 0.05) is 5.56 Å². The third kappa shape index (κ3) is 2.57. The van der Waals surface area contributed by atoms with Gasteiger partial charge < -0.3 is 9.47 Å². The topological polar surface area (TPSA) is 35.5 Å². The van der Waals surface area contributed by atoms with Crippen LogP contribution in [0, 0.1) is 5.82 Å². The molecule has 0 aliphatic heterocycles. The third-order valence-electron chi connectivity index (χ3n) is 2.76. The highest BCUT2D eigenvalue weighted by Gasteiger charge is 2.17. The number of methoxy groups -OCH3 is 2. The van der Waals surface area contributed by atoms with Crippen molar-refractivity contribution in [2.24, 2.45) is 0 Å². The zero-order valence-electron chi connectivity index (χ0n) is 10.6. The van der Waals surface area contributed by atoms with E-state index < -0.39 is 11.6 Å². The molecule has 0 radical (unpaired) electrons. The summed E-state index contributed by atoms with van der Waals surface area (Å²) in [6.45, 7) is 0. The lowest BCUT2D eigenvalue weighted by Gasteiger charge is -2.07. The van der Waals surface area contributed by atoms with Gasteiger partial charge in [0.1, 0.15) is 5.75 Å². The van der Waals surface area contributed by atoms with Gasteiger partial charge in [-0.1, -0.05) is 18.2 Å². The van der Waals surface area contributed by atoms with Gasteiger partial charge in [0.15, 0.2) is 17.3 Å². The number of rotatable bonds is 4. The Balaban J connectivity index is 2.44. The van der Waals surface area contributed by atoms with Crippen LogP contribution in [0.25, 0.3) is 0 Å². The fourth-order valence-electron chi connectivity index (χ4n) is 1.76. The van der Waals surface area contributed by atoms with E-state index in [4.69, 9.17) is 9.47 Å². The molecule has 0 unspecified atom stereocenters. The van der Waals surface area contributed by atoms with Gasteiger partial charge >= 0.3 is 0 Å². The zero-order valence-corrected chi connectivity index (χ0v) is 10.6. The molecule has 0 saturated heterocycles. The van der Waals surface area contributed by atoms with E-state index in [1.54, 1.807) is 30.3 Å². The van der Waals surface area contributed by atoms with E-state index >= 15 is 0 Å². The first-order chi connectivity index (χ1) is 9.17. The fraction of sp³-hybridized carbons (Fsp3) is 0.133. The Morgan fingerprint density at radius 3 is 2.47 bits per heavy atom. The van der Waals surface area contributed by atoms with Crippen molar-refractivity contribution in [1.82, 2.24) is 0 Å². The molecule has 0 heterocycles. The Bertz CT molecular complexity index is 608. The molecular formula is C15H13FO3. The van der Waals surface area contributed by atoms with E-state index in [0.717, 1.165) is 0 Å². The van der Waals surface area contributed by atoms with E-state index in [1.807, 2.05) is 0 Å². The van der Waals surface area contributed by atoms with Gasteiger partial charge in [0.25, 0.3) is 0 Å². The lowest BCUT2D eigenvalue weighted by atomic mass is 10.0. The maximum atomic E-state index is 14.0. The summed E-state index contributed by atoms with van der Waals surface area (Å²) in [5.74, 6) is -0.462. The minimum Gasteiger partial charge on any atom is -0.497 e. The standard InChI is InChI=1S/C15H13FO3/c1-18-11-6-3-5-10(9-11)15(17)12-7-4-8-13(19-2)14(12)16/h3-9H,1-2H3. The maximum Gasteiger partial charge on any atom is 0.196 e. The molecule has 98 valence electrons. The molecule has 0 spiro atoms. The predicted molar refractivity (Wildman–Crippen MR) is 69.4 cm³/mol. The first kappa shape index (κ1) is 13.1. The number of carbonyl (C=O) groups excluding carboxylic acids is 1. The fourth-order valence-corrected chi connectivity index (χ4v) is 1.76. The molecule has 0 N–H and O–H groups in total. The summed E-state index contributed by atoms with van der Waals surface area (Å²) >= 11 is 0. The van der Waals surface area contributed by atoms with E-state index in [9.17, 15) is 9.18 Å². The molecule has 19 heavy (non-hydrogen) atoms.